The molecule has 0 N–H and O–H groups in total. The molecule has 0 radical (unpaired) electrons. The quantitative estimate of drug-likeness (QED) is 0.122. The van der Waals surface area contributed by atoms with E-state index in [0.717, 1.165) is 22.3 Å². The van der Waals surface area contributed by atoms with Crippen molar-refractivity contribution in [3.05, 3.63) is 156 Å². The van der Waals surface area contributed by atoms with E-state index in [4.69, 9.17) is 18.9 Å². The lowest BCUT2D eigenvalue weighted by Crippen LogP contribution is -2.20. The van der Waals surface area contributed by atoms with Gasteiger partial charge in [0.2, 0.25) is 19.7 Å². The number of aryl methyl sites for hydroxylation is 2. The Labute approximate surface area is 311 Å². The van der Waals surface area contributed by atoms with Crippen LogP contribution < -0.4 is 18.9 Å². The van der Waals surface area contributed by atoms with E-state index < -0.39 is 25.1 Å². The van der Waals surface area contributed by atoms with E-state index >= 15 is 0 Å². The highest BCUT2D eigenvalue weighted by molar-refractivity contribution is 7.91. The normalized spacial score (nSPS) is 11.9. The molecule has 10 heteroatoms. The maximum absolute atomic E-state index is 13.2. The maximum Gasteiger partial charge on any atom is 0.206 e. The van der Waals surface area contributed by atoms with Gasteiger partial charge in [-0.3, -0.25) is 0 Å². The Morgan fingerprint density at radius 2 is 0.906 bits per heavy atom. The Kier molecular flexibility index (Phi) is 10.4. The van der Waals surface area contributed by atoms with Crippen LogP contribution in [0.2, 0.25) is 0 Å². The minimum atomic E-state index is -3.70. The number of methoxy groups -OCH3 is 2. The lowest BCUT2D eigenvalue weighted by Gasteiger charge is -2.29. The molecule has 8 nitrogen and oxygen atoms in total. The van der Waals surface area contributed by atoms with Crippen molar-refractivity contribution in [1.29, 1.82) is 0 Å². The van der Waals surface area contributed by atoms with Gasteiger partial charge < -0.3 is 18.9 Å². The molecule has 0 bridgehead atoms. The molecular weight excluding hydrogens is 709 g/mol. The summed E-state index contributed by atoms with van der Waals surface area (Å²) in [5.41, 5.74) is 3.01. The highest BCUT2D eigenvalue weighted by Crippen LogP contribution is 2.46. The lowest BCUT2D eigenvalue weighted by molar-refractivity contribution is 0.370. The molecule has 0 heterocycles. The van der Waals surface area contributed by atoms with Crippen LogP contribution in [0.25, 0.3) is 0 Å². The molecule has 0 atom stereocenters. The van der Waals surface area contributed by atoms with Crippen LogP contribution in [0.4, 0.5) is 0 Å². The zero-order valence-corrected chi connectivity index (χ0v) is 31.9. The molecule has 0 spiro atoms. The molecule has 0 aromatic heterocycles. The summed E-state index contributed by atoms with van der Waals surface area (Å²) in [5.74, 6) is 2.79. The largest absolute Gasteiger partial charge is 0.493 e. The molecule has 0 unspecified atom stereocenters. The van der Waals surface area contributed by atoms with Gasteiger partial charge in [0.25, 0.3) is 0 Å². The van der Waals surface area contributed by atoms with E-state index in [1.807, 2.05) is 52.0 Å². The molecule has 0 aliphatic heterocycles. The fraction of sp³-hybridized carbons (Fsp3) is 0.163. The summed E-state index contributed by atoms with van der Waals surface area (Å²) < 4.78 is 76.8. The van der Waals surface area contributed by atoms with Gasteiger partial charge in [0.05, 0.1) is 33.8 Å². The first-order valence-electron chi connectivity index (χ1n) is 16.8. The van der Waals surface area contributed by atoms with Gasteiger partial charge in [-0.15, -0.1) is 0 Å². The lowest BCUT2D eigenvalue weighted by atomic mass is 9.77. The van der Waals surface area contributed by atoms with Crippen LogP contribution in [0.15, 0.2) is 153 Å². The van der Waals surface area contributed by atoms with Crippen molar-refractivity contribution in [2.75, 3.05) is 14.2 Å². The van der Waals surface area contributed by atoms with Crippen LogP contribution in [0.3, 0.4) is 0 Å². The van der Waals surface area contributed by atoms with Crippen molar-refractivity contribution in [1.82, 2.24) is 0 Å². The highest BCUT2D eigenvalue weighted by atomic mass is 32.2. The van der Waals surface area contributed by atoms with E-state index in [9.17, 15) is 16.8 Å². The topological polar surface area (TPSA) is 105 Å². The summed E-state index contributed by atoms with van der Waals surface area (Å²) in [6, 6.07) is 37.4. The van der Waals surface area contributed by atoms with Crippen LogP contribution >= 0.6 is 0 Å². The Hall–Kier alpha value is -5.58. The van der Waals surface area contributed by atoms with Crippen molar-refractivity contribution < 1.29 is 35.8 Å². The number of rotatable bonds is 12. The summed E-state index contributed by atoms with van der Waals surface area (Å²) in [6.07, 6.45) is 0. The van der Waals surface area contributed by atoms with E-state index in [0.29, 0.717) is 34.5 Å². The van der Waals surface area contributed by atoms with Gasteiger partial charge in [0.15, 0.2) is 23.0 Å². The highest BCUT2D eigenvalue weighted by Gasteiger charge is 2.30. The van der Waals surface area contributed by atoms with Crippen molar-refractivity contribution in [2.45, 2.75) is 52.7 Å². The van der Waals surface area contributed by atoms with E-state index in [1.54, 1.807) is 99.1 Å². The first kappa shape index (κ1) is 37.2. The summed E-state index contributed by atoms with van der Waals surface area (Å²) in [4.78, 5) is 0.771. The second-order valence-electron chi connectivity index (χ2n) is 13.1. The SMILES string of the molecule is COc1cc(C(C)(C)c2cccc(OC)c2Oc2ccc(S(=O)(=O)c3ccc(C)cc3)cc2)ccc1Oc1ccc(S(=O)(=O)c2ccc(C)cc2)cc1. The van der Waals surface area contributed by atoms with E-state index in [2.05, 4.69) is 0 Å². The molecule has 6 aromatic carbocycles. The predicted molar refractivity (Wildman–Crippen MR) is 204 cm³/mol. The Morgan fingerprint density at radius 3 is 1.36 bits per heavy atom. The van der Waals surface area contributed by atoms with Gasteiger partial charge in [-0.1, -0.05) is 67.4 Å². The fourth-order valence-corrected chi connectivity index (χ4v) is 8.42. The number of para-hydroxylation sites is 1. The molecule has 6 rings (SSSR count). The zero-order valence-electron chi connectivity index (χ0n) is 30.3. The third kappa shape index (κ3) is 7.65. The Balaban J connectivity index is 1.25. The summed E-state index contributed by atoms with van der Waals surface area (Å²) >= 11 is 0. The van der Waals surface area contributed by atoms with Crippen LogP contribution in [0.1, 0.15) is 36.1 Å². The van der Waals surface area contributed by atoms with Crippen molar-refractivity contribution in [3.8, 4) is 34.5 Å². The Morgan fingerprint density at radius 1 is 0.472 bits per heavy atom. The average molecular weight is 749 g/mol. The molecule has 53 heavy (non-hydrogen) atoms. The second-order valence-corrected chi connectivity index (χ2v) is 17.0. The summed E-state index contributed by atoms with van der Waals surface area (Å²) in [5, 5.41) is 0. The number of benzene rings is 6. The zero-order chi connectivity index (χ0) is 38.0. The molecule has 6 aromatic rings. The molecule has 0 saturated carbocycles. The fourth-order valence-electron chi connectivity index (χ4n) is 5.90. The standard InChI is InChI=1S/C43H40O8S2/c1-29-10-19-34(20-11-29)52(44,45)36-23-15-32(16-24-36)50-39-27-14-31(28-41(39)49-6)43(3,4)38-8-7-9-40(48-5)42(38)51-33-17-25-37(26-18-33)53(46,47)35-21-12-30(2)13-22-35/h7-28H,1-6H3. The molecule has 0 saturated heterocycles. The van der Waals surface area contributed by atoms with Gasteiger partial charge in [0.1, 0.15) is 11.5 Å². The molecule has 0 amide bonds. The molecule has 0 aliphatic rings. The molecule has 272 valence electrons. The number of sulfone groups is 2. The van der Waals surface area contributed by atoms with Crippen LogP contribution in [-0.2, 0) is 25.1 Å². The predicted octanol–water partition coefficient (Wildman–Crippen LogP) is 9.90. The first-order chi connectivity index (χ1) is 25.2. The molecule has 0 aliphatic carbocycles. The van der Waals surface area contributed by atoms with Gasteiger partial charge in [-0.05, 0) is 110 Å². The van der Waals surface area contributed by atoms with Crippen molar-refractivity contribution >= 4 is 19.7 Å². The number of ether oxygens (including phenoxy) is 4. The van der Waals surface area contributed by atoms with E-state index in [1.165, 1.54) is 24.3 Å². The van der Waals surface area contributed by atoms with Crippen LogP contribution in [0.5, 0.6) is 34.5 Å². The molecular formula is C43H40O8S2. The minimum Gasteiger partial charge on any atom is -0.493 e. The third-order valence-electron chi connectivity index (χ3n) is 9.14. The maximum atomic E-state index is 13.2. The molecule has 0 fully saturated rings. The Bertz CT molecular complexity index is 2450. The van der Waals surface area contributed by atoms with E-state index in [-0.39, 0.29) is 19.6 Å². The minimum absolute atomic E-state index is 0.159. The van der Waals surface area contributed by atoms with Gasteiger partial charge in [-0.25, -0.2) is 16.8 Å². The monoisotopic (exact) mass is 748 g/mol. The van der Waals surface area contributed by atoms with Crippen molar-refractivity contribution in [3.63, 3.8) is 0 Å². The number of hydrogen-bond acceptors (Lipinski definition) is 8. The smallest absolute Gasteiger partial charge is 0.206 e. The van der Waals surface area contributed by atoms with Gasteiger partial charge >= 0.3 is 0 Å². The van der Waals surface area contributed by atoms with Gasteiger partial charge in [-0.2, -0.15) is 0 Å². The number of hydrogen-bond donors (Lipinski definition) is 0. The van der Waals surface area contributed by atoms with Gasteiger partial charge in [0, 0.05) is 11.0 Å². The summed E-state index contributed by atoms with van der Waals surface area (Å²) in [7, 11) is -4.26. The summed E-state index contributed by atoms with van der Waals surface area (Å²) in [6.45, 7) is 7.91. The average Bonchev–Trinajstić information content (AvgIpc) is 3.15. The first-order valence-corrected chi connectivity index (χ1v) is 19.8. The van der Waals surface area contributed by atoms with Crippen LogP contribution in [0, 0.1) is 13.8 Å². The third-order valence-corrected chi connectivity index (χ3v) is 12.7. The second kappa shape index (κ2) is 14.8. The van der Waals surface area contributed by atoms with Crippen LogP contribution in [-0.4, -0.2) is 31.1 Å². The van der Waals surface area contributed by atoms with Crippen molar-refractivity contribution in [2.24, 2.45) is 0 Å².